The van der Waals surface area contributed by atoms with Crippen LogP contribution in [-0.2, 0) is 0 Å². The van der Waals surface area contributed by atoms with Crippen molar-refractivity contribution in [1.82, 2.24) is 4.90 Å². The number of rotatable bonds is 10. The van der Waals surface area contributed by atoms with Crippen molar-refractivity contribution in [1.29, 1.82) is 5.41 Å². The monoisotopic (exact) mass is 510 g/mol. The van der Waals surface area contributed by atoms with Crippen molar-refractivity contribution in [2.75, 3.05) is 18.9 Å². The highest BCUT2D eigenvalue weighted by atomic mass is 35.5. The van der Waals surface area contributed by atoms with E-state index < -0.39 is 17.7 Å². The molecule has 1 unspecified atom stereocenters. The van der Waals surface area contributed by atoms with Gasteiger partial charge in [0.25, 0.3) is 11.8 Å². The van der Waals surface area contributed by atoms with Crippen molar-refractivity contribution >= 4 is 34.6 Å². The van der Waals surface area contributed by atoms with Crippen LogP contribution >= 0.6 is 11.6 Å². The molecule has 0 bridgehead atoms. The van der Waals surface area contributed by atoms with Crippen molar-refractivity contribution in [2.24, 2.45) is 5.18 Å². The molecule has 0 aliphatic carbocycles. The maximum atomic E-state index is 13.7. The minimum absolute atomic E-state index is 0.0933. The molecule has 3 aromatic carbocycles. The molecule has 0 fully saturated rings. The Kier molecular flexibility index (Phi) is 8.66. The number of nitrogens with one attached hydrogen (secondary N) is 2. The molecule has 1 atom stereocenters. The Balaban J connectivity index is 1.83. The third kappa shape index (κ3) is 6.82. The van der Waals surface area contributed by atoms with Crippen molar-refractivity contribution in [3.05, 3.63) is 112 Å². The van der Waals surface area contributed by atoms with Crippen LogP contribution < -0.4 is 5.32 Å². The quantitative estimate of drug-likeness (QED) is 0.226. The number of nitrogens with zero attached hydrogens (tertiary/aromatic N) is 2. The van der Waals surface area contributed by atoms with Crippen molar-refractivity contribution in [3.63, 3.8) is 0 Å². The van der Waals surface area contributed by atoms with Gasteiger partial charge < -0.3 is 10.2 Å². The first-order valence-corrected chi connectivity index (χ1v) is 11.4. The van der Waals surface area contributed by atoms with Gasteiger partial charge in [0.1, 0.15) is 11.8 Å². The topological polar surface area (TPSA) is 85.6 Å². The standard InChI is InChI=1S/C27H25ClF2N4O2/c1-27(29,30)25(31)16-23(32-22-11-7-6-10-21(22)28)19-12-14-20(15-13-19)26(35)34(2)17-24(33-36)18-8-4-3-5-9-18/h3-16,24,31-32H,17H2,1-2H3/b23-16-,31-25?. The number of amides is 1. The number of anilines is 1. The average molecular weight is 511 g/mol. The first-order chi connectivity index (χ1) is 17.1. The van der Waals surface area contributed by atoms with Gasteiger partial charge in [-0.25, -0.2) is 0 Å². The van der Waals surface area contributed by atoms with E-state index in [9.17, 15) is 18.5 Å². The van der Waals surface area contributed by atoms with Gasteiger partial charge in [0.2, 0.25) is 0 Å². The van der Waals surface area contributed by atoms with Gasteiger partial charge >= 0.3 is 0 Å². The zero-order chi connectivity index (χ0) is 26.3. The van der Waals surface area contributed by atoms with Crippen LogP contribution in [0.15, 0.2) is 90.1 Å². The number of para-hydroxylation sites is 1. The van der Waals surface area contributed by atoms with E-state index in [1.807, 2.05) is 6.07 Å². The molecule has 0 radical (unpaired) electrons. The number of benzene rings is 3. The van der Waals surface area contributed by atoms with E-state index in [2.05, 4.69) is 10.5 Å². The Bertz CT molecular complexity index is 1260. The van der Waals surface area contributed by atoms with E-state index in [4.69, 9.17) is 17.0 Å². The molecule has 0 aliphatic heterocycles. The number of hydrogen-bond donors (Lipinski definition) is 2. The first-order valence-electron chi connectivity index (χ1n) is 11.0. The summed E-state index contributed by atoms with van der Waals surface area (Å²) in [6.07, 6.45) is 1.03. The first kappa shape index (κ1) is 26.7. The minimum atomic E-state index is -3.34. The molecular weight excluding hydrogens is 486 g/mol. The largest absolute Gasteiger partial charge is 0.354 e. The Labute approximate surface area is 213 Å². The summed E-state index contributed by atoms with van der Waals surface area (Å²) in [5.74, 6) is -3.67. The predicted molar refractivity (Wildman–Crippen MR) is 140 cm³/mol. The third-order valence-corrected chi connectivity index (χ3v) is 5.78. The highest BCUT2D eigenvalue weighted by Crippen LogP contribution is 2.27. The summed E-state index contributed by atoms with van der Waals surface area (Å²) in [6, 6.07) is 21.3. The van der Waals surface area contributed by atoms with Gasteiger partial charge in [0, 0.05) is 25.2 Å². The van der Waals surface area contributed by atoms with Crippen LogP contribution in [0.3, 0.4) is 0 Å². The van der Waals surface area contributed by atoms with Crippen LogP contribution in [0.4, 0.5) is 14.5 Å². The summed E-state index contributed by atoms with van der Waals surface area (Å²) in [4.78, 5) is 25.7. The zero-order valence-electron chi connectivity index (χ0n) is 19.7. The molecule has 2 N–H and O–H groups in total. The number of carbonyl (C=O) groups is 1. The van der Waals surface area contributed by atoms with Gasteiger partial charge in [-0.3, -0.25) is 10.2 Å². The van der Waals surface area contributed by atoms with E-state index in [-0.39, 0.29) is 18.1 Å². The van der Waals surface area contributed by atoms with Gasteiger partial charge in [-0.2, -0.15) is 13.7 Å². The number of likely N-dealkylation sites (N-methyl/N-ethyl adjacent to an activating group) is 1. The smallest absolute Gasteiger partial charge is 0.286 e. The molecule has 0 aromatic heterocycles. The lowest BCUT2D eigenvalue weighted by molar-refractivity contribution is 0.0786. The molecule has 3 rings (SSSR count). The number of hydrogen-bond acceptors (Lipinski definition) is 5. The van der Waals surface area contributed by atoms with Gasteiger partial charge in [-0.1, -0.05) is 71.4 Å². The minimum Gasteiger partial charge on any atom is -0.354 e. The normalized spacial score (nSPS) is 12.5. The fourth-order valence-electron chi connectivity index (χ4n) is 3.40. The molecule has 0 saturated heterocycles. The SMILES string of the molecule is CN(CC(N=O)c1ccccc1)C(=O)c1ccc(/C(=C/C(=N)C(C)(F)F)Nc2ccccc2Cl)cc1. The summed E-state index contributed by atoms with van der Waals surface area (Å²) in [6.45, 7) is 0.740. The van der Waals surface area contributed by atoms with E-state index in [0.29, 0.717) is 34.3 Å². The fraction of sp³-hybridized carbons (Fsp3) is 0.185. The fourth-order valence-corrected chi connectivity index (χ4v) is 3.58. The molecule has 6 nitrogen and oxygen atoms in total. The number of allylic oxidation sites excluding steroid dienone is 1. The van der Waals surface area contributed by atoms with Crippen LogP contribution in [-0.4, -0.2) is 36.0 Å². The lowest BCUT2D eigenvalue weighted by Gasteiger charge is -2.21. The van der Waals surface area contributed by atoms with E-state index >= 15 is 0 Å². The molecular formula is C27H25ClF2N4O2. The van der Waals surface area contributed by atoms with Gasteiger partial charge in [-0.05, 0) is 41.5 Å². The van der Waals surface area contributed by atoms with Crippen LogP contribution in [0, 0.1) is 10.3 Å². The number of alkyl halides is 2. The lowest BCUT2D eigenvalue weighted by Crippen LogP contribution is -2.30. The van der Waals surface area contributed by atoms with Gasteiger partial charge in [0.05, 0.1) is 17.3 Å². The molecule has 9 heteroatoms. The van der Waals surface area contributed by atoms with E-state index in [1.54, 1.807) is 79.8 Å². The maximum absolute atomic E-state index is 13.7. The molecule has 0 saturated carbocycles. The van der Waals surface area contributed by atoms with Crippen LogP contribution in [0.2, 0.25) is 5.02 Å². The second kappa shape index (κ2) is 11.7. The molecule has 0 aliphatic rings. The highest BCUT2D eigenvalue weighted by Gasteiger charge is 2.27. The Morgan fingerprint density at radius 3 is 2.22 bits per heavy atom. The summed E-state index contributed by atoms with van der Waals surface area (Å²) in [5.41, 5.74) is 1.33. The third-order valence-electron chi connectivity index (χ3n) is 5.45. The molecule has 0 spiro atoms. The van der Waals surface area contributed by atoms with Gasteiger partial charge in [0.15, 0.2) is 0 Å². The van der Waals surface area contributed by atoms with E-state index in [0.717, 1.165) is 6.08 Å². The lowest BCUT2D eigenvalue weighted by atomic mass is 10.0. The summed E-state index contributed by atoms with van der Waals surface area (Å²) in [5, 5.41) is 14.3. The number of nitroso groups, excluding NO2 is 1. The van der Waals surface area contributed by atoms with E-state index in [1.165, 1.54) is 4.90 Å². The average Bonchev–Trinajstić information content (AvgIpc) is 2.87. The number of halogens is 3. The van der Waals surface area contributed by atoms with Gasteiger partial charge in [-0.15, -0.1) is 0 Å². The zero-order valence-corrected chi connectivity index (χ0v) is 20.5. The molecule has 1 amide bonds. The van der Waals surface area contributed by atoms with Crippen molar-refractivity contribution < 1.29 is 13.6 Å². The Hall–Kier alpha value is -3.91. The molecule has 0 heterocycles. The molecule has 36 heavy (non-hydrogen) atoms. The van der Waals surface area contributed by atoms with Crippen molar-refractivity contribution in [3.8, 4) is 0 Å². The van der Waals surface area contributed by atoms with Crippen molar-refractivity contribution in [2.45, 2.75) is 18.9 Å². The number of carbonyl (C=O) groups excluding carboxylic acids is 1. The molecule has 186 valence electrons. The summed E-state index contributed by atoms with van der Waals surface area (Å²) < 4.78 is 27.4. The Morgan fingerprint density at radius 1 is 1.06 bits per heavy atom. The predicted octanol–water partition coefficient (Wildman–Crippen LogP) is 7.05. The summed E-state index contributed by atoms with van der Waals surface area (Å²) in [7, 11) is 1.58. The summed E-state index contributed by atoms with van der Waals surface area (Å²) >= 11 is 6.21. The maximum Gasteiger partial charge on any atom is 0.286 e. The highest BCUT2D eigenvalue weighted by molar-refractivity contribution is 6.33. The second-order valence-electron chi connectivity index (χ2n) is 8.26. The van der Waals surface area contributed by atoms with Crippen LogP contribution in [0.25, 0.3) is 5.70 Å². The Morgan fingerprint density at radius 2 is 1.64 bits per heavy atom. The van der Waals surface area contributed by atoms with Crippen LogP contribution in [0.5, 0.6) is 0 Å². The molecule has 3 aromatic rings. The second-order valence-corrected chi connectivity index (χ2v) is 8.67. The van der Waals surface area contributed by atoms with Crippen LogP contribution in [0.1, 0.15) is 34.5 Å².